The third-order valence-electron chi connectivity index (χ3n) is 2.85. The number of thioether (sulfide) groups is 1. The molecule has 20 heavy (non-hydrogen) atoms. The first-order valence-corrected chi connectivity index (χ1v) is 7.65. The molecular formula is C15H19N3OS. The molecule has 0 bridgehead atoms. The molecule has 1 aromatic carbocycles. The molecule has 1 N–H and O–H groups in total. The van der Waals surface area contributed by atoms with Gasteiger partial charge in [-0.3, -0.25) is 9.79 Å². The number of ketones is 1. The Morgan fingerprint density at radius 1 is 1.35 bits per heavy atom. The number of nitrogens with zero attached hydrogens (tertiary/aromatic N) is 2. The topological polar surface area (TPSA) is 53.8 Å². The van der Waals surface area contributed by atoms with E-state index in [1.807, 2.05) is 0 Å². The largest absolute Gasteiger partial charge is 0.334 e. The minimum absolute atomic E-state index is 0.0531. The molecule has 0 fully saturated rings. The van der Waals surface area contributed by atoms with Crippen LogP contribution in [0, 0.1) is 0 Å². The van der Waals surface area contributed by atoms with Gasteiger partial charge in [0.2, 0.25) is 0 Å². The number of aliphatic imine (C=N–C) groups is 2. The summed E-state index contributed by atoms with van der Waals surface area (Å²) in [5.74, 6) is 0.0531. The van der Waals surface area contributed by atoms with Gasteiger partial charge in [-0.2, -0.15) is 4.99 Å². The minimum atomic E-state index is 0.0531. The molecule has 0 saturated carbocycles. The lowest BCUT2D eigenvalue weighted by atomic mass is 10.1. The Labute approximate surface area is 123 Å². The fraction of sp³-hybridized carbons (Fsp3) is 0.400. The predicted molar refractivity (Wildman–Crippen MR) is 86.7 cm³/mol. The molecule has 4 nitrogen and oxygen atoms in total. The van der Waals surface area contributed by atoms with Crippen LogP contribution in [0.15, 0.2) is 34.3 Å². The van der Waals surface area contributed by atoms with Crippen molar-refractivity contribution in [3.63, 3.8) is 0 Å². The maximum atomic E-state index is 10.8. The van der Waals surface area contributed by atoms with Crippen LogP contribution in [0.25, 0.3) is 0 Å². The molecule has 0 amide bonds. The van der Waals surface area contributed by atoms with Crippen LogP contribution in [0.1, 0.15) is 32.3 Å². The molecule has 0 spiro atoms. The Morgan fingerprint density at radius 3 is 2.65 bits per heavy atom. The lowest BCUT2D eigenvalue weighted by Gasteiger charge is -2.16. The van der Waals surface area contributed by atoms with Crippen LogP contribution in [-0.4, -0.2) is 22.7 Å². The third kappa shape index (κ3) is 4.49. The number of benzene rings is 1. The maximum absolute atomic E-state index is 10.8. The number of carbonyl (C=O) groups excluding carboxylic acids is 1. The van der Waals surface area contributed by atoms with Crippen molar-refractivity contribution >= 4 is 33.6 Å². The van der Waals surface area contributed by atoms with Gasteiger partial charge in [-0.1, -0.05) is 25.5 Å². The van der Waals surface area contributed by atoms with Crippen molar-refractivity contribution in [3.8, 4) is 0 Å². The van der Waals surface area contributed by atoms with Crippen molar-refractivity contribution in [1.29, 1.82) is 0 Å². The first-order valence-electron chi connectivity index (χ1n) is 6.84. The molecule has 0 aromatic heterocycles. The molecule has 1 aromatic rings. The fourth-order valence-electron chi connectivity index (χ4n) is 1.74. The number of carbonyl (C=O) groups is 1. The summed E-state index contributed by atoms with van der Waals surface area (Å²) in [6.07, 6.45) is 3.58. The van der Waals surface area contributed by atoms with Crippen LogP contribution >= 0.6 is 11.8 Å². The van der Waals surface area contributed by atoms with Gasteiger partial charge >= 0.3 is 0 Å². The van der Waals surface area contributed by atoms with Crippen LogP contribution < -0.4 is 5.32 Å². The maximum Gasteiger partial charge on any atom is 0.193 e. The molecule has 0 unspecified atom stereocenters. The quantitative estimate of drug-likeness (QED) is 0.872. The molecular weight excluding hydrogens is 270 g/mol. The van der Waals surface area contributed by atoms with Gasteiger partial charge < -0.3 is 5.32 Å². The molecule has 0 radical (unpaired) electrons. The van der Waals surface area contributed by atoms with E-state index in [1.165, 1.54) is 37.1 Å². The first kappa shape index (κ1) is 14.8. The van der Waals surface area contributed by atoms with Crippen LogP contribution in [0.3, 0.4) is 0 Å². The second kappa shape index (κ2) is 7.24. The summed E-state index contributed by atoms with van der Waals surface area (Å²) >= 11 is 1.47. The summed E-state index contributed by atoms with van der Waals surface area (Å²) < 4.78 is 0. The average molecular weight is 289 g/mol. The number of amidine groups is 2. The van der Waals surface area contributed by atoms with Crippen molar-refractivity contribution in [1.82, 2.24) is 0 Å². The number of hydrogen-bond acceptors (Lipinski definition) is 4. The molecule has 0 atom stereocenters. The van der Waals surface area contributed by atoms with Crippen molar-refractivity contribution in [2.24, 2.45) is 9.98 Å². The number of Topliss-reactive ketones (excluding diaryl/α,β-unsaturated/α-hetero) is 1. The van der Waals surface area contributed by atoms with E-state index in [0.29, 0.717) is 5.17 Å². The average Bonchev–Trinajstić information content (AvgIpc) is 2.40. The number of unbranched alkanes of at least 4 members (excludes halogenated alkanes) is 1. The van der Waals surface area contributed by atoms with Crippen LogP contribution in [0.2, 0.25) is 0 Å². The smallest absolute Gasteiger partial charge is 0.193 e. The second-order valence-electron chi connectivity index (χ2n) is 4.75. The van der Waals surface area contributed by atoms with E-state index in [4.69, 9.17) is 0 Å². The van der Waals surface area contributed by atoms with Crippen molar-refractivity contribution in [2.75, 3.05) is 11.9 Å². The van der Waals surface area contributed by atoms with Gasteiger partial charge in [-0.15, -0.1) is 0 Å². The molecule has 5 heteroatoms. The van der Waals surface area contributed by atoms with E-state index in [2.05, 4.69) is 46.5 Å². The number of nitrogens with one attached hydrogen (secondary N) is 1. The molecule has 0 saturated heterocycles. The summed E-state index contributed by atoms with van der Waals surface area (Å²) in [4.78, 5) is 19.1. The van der Waals surface area contributed by atoms with Gasteiger partial charge in [0.05, 0.1) is 0 Å². The van der Waals surface area contributed by atoms with Gasteiger partial charge in [0.15, 0.2) is 16.1 Å². The summed E-state index contributed by atoms with van der Waals surface area (Å²) in [7, 11) is 0. The summed E-state index contributed by atoms with van der Waals surface area (Å²) in [6.45, 7) is 3.94. The van der Waals surface area contributed by atoms with E-state index in [9.17, 15) is 4.79 Å². The second-order valence-corrected chi connectivity index (χ2v) is 5.70. The highest BCUT2D eigenvalue weighted by Crippen LogP contribution is 2.22. The Bertz CT molecular complexity index is 535. The highest BCUT2D eigenvalue weighted by molar-refractivity contribution is 8.29. The Kier molecular flexibility index (Phi) is 5.35. The predicted octanol–water partition coefficient (Wildman–Crippen LogP) is 3.49. The zero-order chi connectivity index (χ0) is 14.4. The summed E-state index contributed by atoms with van der Waals surface area (Å²) in [6, 6.07) is 8.43. The molecule has 1 aliphatic rings. The molecule has 2 rings (SSSR count). The standard InChI is InChI=1S/C15H19N3OS/c1-3-4-5-12-6-8-13(9-7-12)17-15-18-14(20-15)16-10-11(2)19/h6-9H,3-5,10H2,1-2H3,(H,16,17,18). The third-order valence-corrected chi connectivity index (χ3v) is 3.64. The monoisotopic (exact) mass is 289 g/mol. The van der Waals surface area contributed by atoms with E-state index < -0.39 is 0 Å². The van der Waals surface area contributed by atoms with Gasteiger partial charge in [0.25, 0.3) is 0 Å². The lowest BCUT2D eigenvalue weighted by Crippen LogP contribution is -2.20. The summed E-state index contributed by atoms with van der Waals surface area (Å²) in [5.41, 5.74) is 2.39. The normalized spacial score (nSPS) is 15.7. The van der Waals surface area contributed by atoms with Crippen molar-refractivity contribution in [3.05, 3.63) is 29.8 Å². The number of hydrogen-bond donors (Lipinski definition) is 1. The van der Waals surface area contributed by atoms with Crippen LogP contribution in [-0.2, 0) is 11.2 Å². The number of rotatable bonds is 6. The molecule has 106 valence electrons. The molecule has 1 aliphatic heterocycles. The molecule has 1 heterocycles. The van der Waals surface area contributed by atoms with Gasteiger partial charge in [-0.05, 0) is 49.2 Å². The van der Waals surface area contributed by atoms with Gasteiger partial charge in [0.1, 0.15) is 6.54 Å². The van der Waals surface area contributed by atoms with Crippen LogP contribution in [0.4, 0.5) is 5.69 Å². The van der Waals surface area contributed by atoms with Crippen molar-refractivity contribution < 1.29 is 4.79 Å². The lowest BCUT2D eigenvalue weighted by molar-refractivity contribution is -0.115. The van der Waals surface area contributed by atoms with Gasteiger partial charge in [-0.25, -0.2) is 0 Å². The highest BCUT2D eigenvalue weighted by Gasteiger charge is 2.17. The van der Waals surface area contributed by atoms with E-state index in [-0.39, 0.29) is 12.3 Å². The first-order chi connectivity index (χ1) is 9.67. The van der Waals surface area contributed by atoms with E-state index >= 15 is 0 Å². The zero-order valence-electron chi connectivity index (χ0n) is 11.8. The Morgan fingerprint density at radius 2 is 2.05 bits per heavy atom. The fourth-order valence-corrected chi connectivity index (χ4v) is 2.35. The van der Waals surface area contributed by atoms with E-state index in [1.54, 1.807) is 0 Å². The SMILES string of the molecule is CCCCc1ccc(NC2=NC(=NCC(C)=O)S2)cc1. The minimum Gasteiger partial charge on any atom is -0.334 e. The van der Waals surface area contributed by atoms with Crippen LogP contribution in [0.5, 0.6) is 0 Å². The molecule has 0 aliphatic carbocycles. The Hall–Kier alpha value is -1.62. The Balaban J connectivity index is 1.84. The van der Waals surface area contributed by atoms with E-state index in [0.717, 1.165) is 17.3 Å². The van der Waals surface area contributed by atoms with Gasteiger partial charge in [0, 0.05) is 5.69 Å². The van der Waals surface area contributed by atoms with Crippen molar-refractivity contribution in [2.45, 2.75) is 33.1 Å². The number of aryl methyl sites for hydroxylation is 1. The summed E-state index contributed by atoms with van der Waals surface area (Å²) in [5, 5.41) is 4.72. The number of anilines is 1. The zero-order valence-corrected chi connectivity index (χ0v) is 12.7. The highest BCUT2D eigenvalue weighted by atomic mass is 32.2.